The molecule has 0 unspecified atom stereocenters. The molecular weight excluding hydrogens is 122 g/mol. The first-order valence-electron chi connectivity index (χ1n) is 4.22. The van der Waals surface area contributed by atoms with E-state index in [1.165, 1.54) is 19.3 Å². The molecular formula is C9H19N. The van der Waals surface area contributed by atoms with E-state index < -0.39 is 0 Å². The predicted molar refractivity (Wildman–Crippen MR) is 47.0 cm³/mol. The second-order valence-corrected chi connectivity index (χ2v) is 2.59. The van der Waals surface area contributed by atoms with E-state index in [1.54, 1.807) is 0 Å². The van der Waals surface area contributed by atoms with Crippen LogP contribution in [0, 0.1) is 0 Å². The van der Waals surface area contributed by atoms with Gasteiger partial charge in [-0.15, -0.1) is 0 Å². The molecule has 0 saturated carbocycles. The lowest BCUT2D eigenvalue weighted by Crippen LogP contribution is -2.12. The number of hydrogen-bond donors (Lipinski definition) is 1. The Morgan fingerprint density at radius 1 is 1.30 bits per heavy atom. The molecule has 1 nitrogen and oxygen atoms in total. The minimum atomic E-state index is 1.05. The van der Waals surface area contributed by atoms with Crippen molar-refractivity contribution in [1.29, 1.82) is 0 Å². The molecule has 10 heavy (non-hydrogen) atoms. The van der Waals surface area contributed by atoms with E-state index in [2.05, 4.69) is 25.7 Å². The zero-order valence-electron chi connectivity index (χ0n) is 7.24. The minimum absolute atomic E-state index is 1.05. The lowest BCUT2D eigenvalue weighted by atomic mass is 10.2. The summed E-state index contributed by atoms with van der Waals surface area (Å²) in [6, 6.07) is 0. The Hall–Kier alpha value is -0.460. The van der Waals surface area contributed by atoms with Crippen molar-refractivity contribution in [2.24, 2.45) is 0 Å². The fourth-order valence-corrected chi connectivity index (χ4v) is 0.765. The summed E-state index contributed by atoms with van der Waals surface area (Å²) >= 11 is 0. The smallest absolute Gasteiger partial charge is 0.0143 e. The number of rotatable bonds is 6. The Balaban J connectivity index is 2.96. The number of allylic oxidation sites excluding steroid dienone is 1. The summed E-state index contributed by atoms with van der Waals surface area (Å²) < 4.78 is 0. The van der Waals surface area contributed by atoms with Crippen LogP contribution in [-0.4, -0.2) is 6.54 Å². The largest absolute Gasteiger partial charge is 0.389 e. The van der Waals surface area contributed by atoms with Gasteiger partial charge in [0.25, 0.3) is 0 Å². The van der Waals surface area contributed by atoms with Gasteiger partial charge in [0.15, 0.2) is 0 Å². The van der Waals surface area contributed by atoms with Crippen LogP contribution in [0.2, 0.25) is 0 Å². The molecule has 0 aromatic heterocycles. The average molecular weight is 141 g/mol. The lowest BCUT2D eigenvalue weighted by molar-refractivity contribution is 0.658. The minimum Gasteiger partial charge on any atom is -0.389 e. The first kappa shape index (κ1) is 9.54. The molecule has 0 radical (unpaired) electrons. The average Bonchev–Trinajstić information content (AvgIpc) is 1.98. The highest BCUT2D eigenvalue weighted by Crippen LogP contribution is 1.94. The second-order valence-electron chi connectivity index (χ2n) is 2.59. The summed E-state index contributed by atoms with van der Waals surface area (Å²) in [5, 5.41) is 3.27. The highest BCUT2D eigenvalue weighted by Gasteiger charge is 1.87. The predicted octanol–water partition coefficient (Wildman–Crippen LogP) is 2.69. The molecule has 0 aromatic rings. The van der Waals surface area contributed by atoms with Gasteiger partial charge in [0, 0.05) is 12.2 Å². The Bertz CT molecular complexity index is 86.7. The van der Waals surface area contributed by atoms with Crippen LogP contribution in [0.4, 0.5) is 0 Å². The molecule has 0 aromatic carbocycles. The van der Waals surface area contributed by atoms with Gasteiger partial charge in [0.1, 0.15) is 0 Å². The molecule has 0 atom stereocenters. The van der Waals surface area contributed by atoms with Gasteiger partial charge in [0.2, 0.25) is 0 Å². The van der Waals surface area contributed by atoms with Gasteiger partial charge in [-0.3, -0.25) is 0 Å². The molecule has 0 aliphatic heterocycles. The molecule has 0 spiro atoms. The number of nitrogens with one attached hydrogen (secondary N) is 1. The van der Waals surface area contributed by atoms with Gasteiger partial charge in [-0.05, 0) is 12.8 Å². The van der Waals surface area contributed by atoms with E-state index in [0.717, 1.165) is 18.7 Å². The van der Waals surface area contributed by atoms with Crippen LogP contribution >= 0.6 is 0 Å². The van der Waals surface area contributed by atoms with Gasteiger partial charge in [0.05, 0.1) is 0 Å². The normalized spacial score (nSPS) is 9.40. The van der Waals surface area contributed by atoms with Crippen LogP contribution in [0.15, 0.2) is 12.3 Å². The number of hydrogen-bond acceptors (Lipinski definition) is 1. The van der Waals surface area contributed by atoms with E-state index in [0.29, 0.717) is 0 Å². The molecule has 0 fully saturated rings. The fraction of sp³-hybridized carbons (Fsp3) is 0.778. The van der Waals surface area contributed by atoms with Crippen molar-refractivity contribution in [3.8, 4) is 0 Å². The van der Waals surface area contributed by atoms with Crippen LogP contribution in [0.1, 0.15) is 39.5 Å². The van der Waals surface area contributed by atoms with Gasteiger partial charge < -0.3 is 5.32 Å². The fourth-order valence-electron chi connectivity index (χ4n) is 0.765. The second kappa shape index (κ2) is 6.66. The van der Waals surface area contributed by atoms with Crippen LogP contribution in [0.5, 0.6) is 0 Å². The lowest BCUT2D eigenvalue weighted by Gasteiger charge is -2.05. The third kappa shape index (κ3) is 5.67. The summed E-state index contributed by atoms with van der Waals surface area (Å²) in [5.74, 6) is 0. The quantitative estimate of drug-likeness (QED) is 0.561. The molecule has 0 saturated heterocycles. The third-order valence-corrected chi connectivity index (χ3v) is 1.58. The third-order valence-electron chi connectivity index (χ3n) is 1.58. The van der Waals surface area contributed by atoms with Gasteiger partial charge in [-0.1, -0.05) is 33.3 Å². The topological polar surface area (TPSA) is 12.0 Å². The summed E-state index contributed by atoms with van der Waals surface area (Å²) in [4.78, 5) is 0. The van der Waals surface area contributed by atoms with Crippen LogP contribution in [0.3, 0.4) is 0 Å². The monoisotopic (exact) mass is 141 g/mol. The van der Waals surface area contributed by atoms with E-state index in [-0.39, 0.29) is 0 Å². The maximum Gasteiger partial charge on any atom is 0.0143 e. The Morgan fingerprint density at radius 3 is 2.50 bits per heavy atom. The Morgan fingerprint density at radius 2 is 2.00 bits per heavy atom. The van der Waals surface area contributed by atoms with Gasteiger partial charge >= 0.3 is 0 Å². The van der Waals surface area contributed by atoms with Crippen molar-refractivity contribution in [2.45, 2.75) is 39.5 Å². The highest BCUT2D eigenvalue weighted by atomic mass is 14.9. The van der Waals surface area contributed by atoms with Gasteiger partial charge in [-0.2, -0.15) is 0 Å². The van der Waals surface area contributed by atoms with Crippen molar-refractivity contribution >= 4 is 0 Å². The number of unbranched alkanes of at least 4 members (excludes halogenated alkanes) is 2. The van der Waals surface area contributed by atoms with Crippen molar-refractivity contribution in [3.05, 3.63) is 12.3 Å². The summed E-state index contributed by atoms with van der Waals surface area (Å²) in [6.45, 7) is 9.29. The first-order chi connectivity index (χ1) is 4.81. The van der Waals surface area contributed by atoms with Crippen molar-refractivity contribution in [3.63, 3.8) is 0 Å². The molecule has 1 heteroatoms. The molecule has 60 valence electrons. The van der Waals surface area contributed by atoms with E-state index in [4.69, 9.17) is 0 Å². The molecule has 0 aliphatic rings. The SMILES string of the molecule is C=C(CC)NCCCCC. The zero-order chi connectivity index (χ0) is 7.82. The summed E-state index contributed by atoms with van der Waals surface area (Å²) in [6.07, 6.45) is 4.94. The van der Waals surface area contributed by atoms with Crippen molar-refractivity contribution in [2.75, 3.05) is 6.54 Å². The van der Waals surface area contributed by atoms with Gasteiger partial charge in [-0.25, -0.2) is 0 Å². The van der Waals surface area contributed by atoms with E-state index in [1.807, 2.05) is 0 Å². The first-order valence-corrected chi connectivity index (χ1v) is 4.22. The zero-order valence-corrected chi connectivity index (χ0v) is 7.24. The van der Waals surface area contributed by atoms with Crippen molar-refractivity contribution < 1.29 is 0 Å². The molecule has 0 amide bonds. The van der Waals surface area contributed by atoms with E-state index in [9.17, 15) is 0 Å². The Labute approximate surface area is 64.5 Å². The molecule has 0 bridgehead atoms. The van der Waals surface area contributed by atoms with E-state index >= 15 is 0 Å². The van der Waals surface area contributed by atoms with Crippen molar-refractivity contribution in [1.82, 2.24) is 5.32 Å². The standard InChI is InChI=1S/C9H19N/c1-4-6-7-8-10-9(3)5-2/h10H,3-8H2,1-2H3. The molecule has 0 rings (SSSR count). The molecule has 0 aliphatic carbocycles. The molecule has 1 N–H and O–H groups in total. The van der Waals surface area contributed by atoms with Crippen LogP contribution < -0.4 is 5.32 Å². The van der Waals surface area contributed by atoms with Crippen LogP contribution in [0.25, 0.3) is 0 Å². The Kier molecular flexibility index (Phi) is 6.35. The van der Waals surface area contributed by atoms with Crippen LogP contribution in [-0.2, 0) is 0 Å². The maximum atomic E-state index is 3.86. The maximum absolute atomic E-state index is 3.86. The highest BCUT2D eigenvalue weighted by molar-refractivity contribution is 4.88. The summed E-state index contributed by atoms with van der Waals surface area (Å²) in [7, 11) is 0. The molecule has 0 heterocycles. The summed E-state index contributed by atoms with van der Waals surface area (Å²) in [5.41, 5.74) is 1.16.